The number of aliphatic hydroxyl groups excluding tert-OH is 1. The van der Waals surface area contributed by atoms with E-state index >= 15 is 0 Å². The lowest BCUT2D eigenvalue weighted by Gasteiger charge is -2.33. The number of aliphatic hydroxyl groups is 1. The Kier molecular flexibility index (Phi) is 20.8. The van der Waals surface area contributed by atoms with Crippen molar-refractivity contribution in [2.45, 2.75) is 148 Å². The van der Waals surface area contributed by atoms with Crippen molar-refractivity contribution in [2.75, 3.05) is 13.1 Å². The van der Waals surface area contributed by atoms with Crippen LogP contribution >= 0.6 is 0 Å². The fourth-order valence-electron chi connectivity index (χ4n) is 6.66. The van der Waals surface area contributed by atoms with Crippen LogP contribution in [0.4, 0.5) is 0 Å². The van der Waals surface area contributed by atoms with Gasteiger partial charge in [-0.25, -0.2) is 4.79 Å². The van der Waals surface area contributed by atoms with Crippen LogP contribution in [0.25, 0.3) is 0 Å². The molecule has 1 aromatic rings. The number of likely N-dealkylation sites (tertiary alicyclic amines) is 1. The lowest BCUT2D eigenvalue weighted by atomic mass is 9.95. The number of nitrogens with zero attached hydrogens (tertiary/aromatic N) is 1. The van der Waals surface area contributed by atoms with Gasteiger partial charge in [0.25, 0.3) is 0 Å². The number of carbonyl (C=O) groups excluding carboxylic acids is 6. The first kappa shape index (κ1) is 49.5. The van der Waals surface area contributed by atoms with Crippen molar-refractivity contribution in [3.8, 4) is 0 Å². The Labute approximate surface area is 342 Å². The minimum absolute atomic E-state index is 0.0194. The number of nitrogens with one attached hydrogen (secondary N) is 5. The van der Waals surface area contributed by atoms with E-state index in [0.717, 1.165) is 0 Å². The van der Waals surface area contributed by atoms with Crippen LogP contribution in [0.5, 0.6) is 0 Å². The number of nitrogens with two attached hydrogens (primary N) is 2. The molecule has 17 heteroatoms. The molecule has 1 aromatic carbocycles. The van der Waals surface area contributed by atoms with Crippen LogP contribution in [0.2, 0.25) is 0 Å². The van der Waals surface area contributed by atoms with Crippen LogP contribution in [0.1, 0.15) is 99.0 Å². The Morgan fingerprint density at radius 3 is 1.88 bits per heavy atom. The summed E-state index contributed by atoms with van der Waals surface area (Å²) in [5.74, 6) is -6.16. The lowest BCUT2D eigenvalue weighted by molar-refractivity contribution is -0.145. The molecule has 0 aromatic heterocycles. The molecule has 1 aliphatic heterocycles. The smallest absolute Gasteiger partial charge is 0.326 e. The van der Waals surface area contributed by atoms with Gasteiger partial charge in [0.2, 0.25) is 35.4 Å². The second-order valence-corrected chi connectivity index (χ2v) is 15.9. The normalized spacial score (nSPS) is 18.7. The molecule has 1 saturated heterocycles. The Hall–Kier alpha value is -4.61. The quantitative estimate of drug-likeness (QED) is 0.0641. The number of carbonyl (C=O) groups is 7. The zero-order valence-corrected chi connectivity index (χ0v) is 35.2. The summed E-state index contributed by atoms with van der Waals surface area (Å²) >= 11 is 0. The maximum Gasteiger partial charge on any atom is 0.326 e. The van der Waals surface area contributed by atoms with E-state index < -0.39 is 95.7 Å². The highest BCUT2D eigenvalue weighted by Crippen LogP contribution is 2.22. The van der Waals surface area contributed by atoms with E-state index in [1.54, 1.807) is 58.0 Å². The van der Waals surface area contributed by atoms with Crippen molar-refractivity contribution in [1.29, 1.82) is 0 Å². The standard InChI is InChI=1S/C41H68N8O9/c1-8-24(5)32(46-37(53)31(43)23(3)4)38(54)48-34(26(7)50)39(55)45-29(22-27-16-11-10-12-17-27)35(51)47-33(25(6)9-2)40(56)49-21-15-19-30(49)36(52)44-28(41(57)58)18-13-14-20-42/h10-12,16-17,23-26,28-34,50H,8-9,13-15,18-22,42-43H2,1-7H3,(H,44,52)(H,45,55)(H,46,53)(H,47,51)(H,48,54)(H,57,58). The Bertz CT molecular complexity index is 1530. The number of hydrogen-bond donors (Lipinski definition) is 9. The molecular formula is C41H68N8O9. The van der Waals surface area contributed by atoms with Gasteiger partial charge in [-0.05, 0) is 68.9 Å². The van der Waals surface area contributed by atoms with Crippen LogP contribution in [0.3, 0.4) is 0 Å². The molecule has 1 fully saturated rings. The van der Waals surface area contributed by atoms with Gasteiger partial charge >= 0.3 is 5.97 Å². The van der Waals surface area contributed by atoms with Gasteiger partial charge in [0.1, 0.15) is 36.3 Å². The highest BCUT2D eigenvalue weighted by Gasteiger charge is 2.41. The molecule has 6 amide bonds. The molecule has 0 bridgehead atoms. The van der Waals surface area contributed by atoms with Gasteiger partial charge in [0.15, 0.2) is 0 Å². The molecular weight excluding hydrogens is 748 g/mol. The fraction of sp³-hybridized carbons (Fsp3) is 0.683. The summed E-state index contributed by atoms with van der Waals surface area (Å²) in [4.78, 5) is 95.6. The third-order valence-electron chi connectivity index (χ3n) is 11.0. The van der Waals surface area contributed by atoms with Gasteiger partial charge in [0.05, 0.1) is 12.1 Å². The summed E-state index contributed by atoms with van der Waals surface area (Å²) in [5, 5.41) is 33.8. The summed E-state index contributed by atoms with van der Waals surface area (Å²) in [6.45, 7) is 12.7. The van der Waals surface area contributed by atoms with Crippen molar-refractivity contribution in [2.24, 2.45) is 29.2 Å². The van der Waals surface area contributed by atoms with Gasteiger partial charge in [-0.3, -0.25) is 28.8 Å². The second kappa shape index (κ2) is 24.3. The molecule has 58 heavy (non-hydrogen) atoms. The average molecular weight is 817 g/mol. The number of carboxylic acid groups (broad SMARTS) is 1. The van der Waals surface area contributed by atoms with E-state index in [4.69, 9.17) is 11.5 Å². The summed E-state index contributed by atoms with van der Waals surface area (Å²) in [5.41, 5.74) is 12.2. The van der Waals surface area contributed by atoms with Crippen molar-refractivity contribution in [3.05, 3.63) is 35.9 Å². The summed E-state index contributed by atoms with van der Waals surface area (Å²) in [6, 6.07) is 0.811. The number of benzene rings is 1. The molecule has 0 spiro atoms. The largest absolute Gasteiger partial charge is 0.480 e. The van der Waals surface area contributed by atoms with Crippen LogP contribution in [-0.4, -0.2) is 118 Å². The highest BCUT2D eigenvalue weighted by molar-refractivity contribution is 5.97. The van der Waals surface area contributed by atoms with Crippen LogP contribution in [-0.2, 0) is 40.0 Å². The van der Waals surface area contributed by atoms with Crippen molar-refractivity contribution >= 4 is 41.4 Å². The van der Waals surface area contributed by atoms with Gasteiger partial charge in [-0.2, -0.15) is 0 Å². The summed E-state index contributed by atoms with van der Waals surface area (Å²) in [7, 11) is 0. The molecule has 0 aliphatic carbocycles. The topological polar surface area (TPSA) is 275 Å². The number of rotatable bonds is 24. The van der Waals surface area contributed by atoms with Gasteiger partial charge < -0.3 is 53.2 Å². The van der Waals surface area contributed by atoms with Gasteiger partial charge in [-0.1, -0.05) is 84.7 Å². The van der Waals surface area contributed by atoms with Crippen LogP contribution in [0.15, 0.2) is 30.3 Å². The van der Waals surface area contributed by atoms with Crippen LogP contribution < -0.4 is 38.1 Å². The first-order valence-electron chi connectivity index (χ1n) is 20.6. The monoisotopic (exact) mass is 817 g/mol. The molecule has 2 rings (SSSR count). The van der Waals surface area contributed by atoms with E-state index in [1.807, 2.05) is 13.8 Å². The molecule has 10 atom stereocenters. The average Bonchev–Trinajstić information content (AvgIpc) is 3.69. The van der Waals surface area contributed by atoms with Gasteiger partial charge in [-0.15, -0.1) is 0 Å². The summed E-state index contributed by atoms with van der Waals surface area (Å²) in [6.07, 6.45) is 1.58. The second-order valence-electron chi connectivity index (χ2n) is 15.9. The van der Waals surface area contributed by atoms with E-state index in [2.05, 4.69) is 26.6 Å². The minimum Gasteiger partial charge on any atom is -0.480 e. The minimum atomic E-state index is -1.54. The molecule has 10 unspecified atom stereocenters. The molecule has 326 valence electrons. The maximum atomic E-state index is 14.2. The highest BCUT2D eigenvalue weighted by atomic mass is 16.4. The number of amides is 6. The molecule has 0 radical (unpaired) electrons. The molecule has 1 heterocycles. The van der Waals surface area contributed by atoms with E-state index in [-0.39, 0.29) is 31.2 Å². The van der Waals surface area contributed by atoms with Crippen LogP contribution in [0, 0.1) is 17.8 Å². The molecule has 1 aliphatic rings. The number of carboxylic acids is 1. The molecule has 0 saturated carbocycles. The molecule has 17 nitrogen and oxygen atoms in total. The zero-order chi connectivity index (χ0) is 43.7. The third-order valence-corrected chi connectivity index (χ3v) is 11.0. The Morgan fingerprint density at radius 2 is 1.33 bits per heavy atom. The zero-order valence-electron chi connectivity index (χ0n) is 35.2. The van der Waals surface area contributed by atoms with E-state index in [0.29, 0.717) is 50.6 Å². The lowest BCUT2D eigenvalue weighted by Crippen LogP contribution is -2.63. The maximum absolute atomic E-state index is 14.2. The van der Waals surface area contributed by atoms with Crippen molar-refractivity contribution in [3.63, 3.8) is 0 Å². The molecule has 11 N–H and O–H groups in total. The van der Waals surface area contributed by atoms with E-state index in [9.17, 15) is 43.8 Å². The fourth-order valence-corrected chi connectivity index (χ4v) is 6.66. The SMILES string of the molecule is CCC(C)C(NC(=O)C(N)C(C)C)C(=O)NC(C(=O)NC(Cc1ccccc1)C(=O)NC(C(=O)N1CCCC1C(=O)NC(CCCCN)C(=O)O)C(C)CC)C(C)O. The van der Waals surface area contributed by atoms with E-state index in [1.165, 1.54) is 11.8 Å². The Balaban J connectivity index is 2.37. The summed E-state index contributed by atoms with van der Waals surface area (Å²) < 4.78 is 0. The predicted molar refractivity (Wildman–Crippen MR) is 218 cm³/mol. The Morgan fingerprint density at radius 1 is 0.759 bits per heavy atom. The number of aliphatic carboxylic acids is 1. The third kappa shape index (κ3) is 14.6. The van der Waals surface area contributed by atoms with Gasteiger partial charge in [0, 0.05) is 13.0 Å². The number of hydrogen-bond acceptors (Lipinski definition) is 10. The number of unbranched alkanes of at least 4 members (excludes halogenated alkanes) is 1. The predicted octanol–water partition coefficient (Wildman–Crippen LogP) is 0.314. The first-order valence-corrected chi connectivity index (χ1v) is 20.6. The first-order chi connectivity index (χ1) is 27.4. The van der Waals surface area contributed by atoms with Crippen molar-refractivity contribution < 1.29 is 43.8 Å². The van der Waals surface area contributed by atoms with Crippen molar-refractivity contribution in [1.82, 2.24) is 31.5 Å².